The Morgan fingerprint density at radius 2 is 1.50 bits per heavy atom. The molecule has 0 saturated heterocycles. The number of benzene rings is 5. The van der Waals surface area contributed by atoms with Crippen LogP contribution < -0.4 is 0 Å². The molecule has 0 N–H and O–H groups in total. The standard InChI is InChI=1S/C47H41N3O2/c1-26(2)35-23-31(29-13-7-6-8-14-29)24-36(27(3)4)43(35)50-44-32-16-10-9-15-30(32)20-22-38(44)48-46(50)34-21-19-28(5)41-42-40(51-45(34)41)25-37-33-17-11-12-18-39(33)52-47(37)49-42/h6-8,11-14,17-27H,9-10,15-16H2,1-5H3/i5D3,15D2,16D2. The summed E-state index contributed by atoms with van der Waals surface area (Å²) in [6, 6.07) is 30.8. The second-order valence-corrected chi connectivity index (χ2v) is 14.4. The van der Waals surface area contributed by atoms with Gasteiger partial charge in [0, 0.05) is 15.0 Å². The third-order valence-corrected chi connectivity index (χ3v) is 10.5. The van der Waals surface area contributed by atoms with E-state index in [2.05, 4.69) is 52.0 Å². The van der Waals surface area contributed by atoms with E-state index < -0.39 is 19.6 Å². The Bertz CT molecular complexity index is 3140. The molecule has 10 rings (SSSR count). The monoisotopic (exact) mass is 686 g/mol. The molecule has 5 nitrogen and oxygen atoms in total. The van der Waals surface area contributed by atoms with Crippen molar-refractivity contribution in [2.45, 2.75) is 72.0 Å². The molecule has 4 aromatic heterocycles. The number of furan rings is 2. The number of para-hydroxylation sites is 1. The van der Waals surface area contributed by atoms with Crippen molar-refractivity contribution in [1.29, 1.82) is 0 Å². The smallest absolute Gasteiger partial charge is 0.228 e. The molecule has 52 heavy (non-hydrogen) atoms. The van der Waals surface area contributed by atoms with E-state index in [0.29, 0.717) is 55.8 Å². The number of rotatable bonds is 5. The van der Waals surface area contributed by atoms with Crippen molar-refractivity contribution in [3.05, 3.63) is 125 Å². The van der Waals surface area contributed by atoms with Gasteiger partial charge in [-0.1, -0.05) is 88.4 Å². The first kappa shape index (κ1) is 24.5. The highest BCUT2D eigenvalue weighted by Crippen LogP contribution is 2.45. The van der Waals surface area contributed by atoms with Crippen LogP contribution in [0.25, 0.3) is 83.4 Å². The van der Waals surface area contributed by atoms with Gasteiger partial charge >= 0.3 is 0 Å². The number of aryl methyl sites for hydroxylation is 3. The quantitative estimate of drug-likeness (QED) is 0.181. The average molecular weight is 687 g/mol. The zero-order chi connectivity index (χ0) is 41.3. The maximum Gasteiger partial charge on any atom is 0.228 e. The van der Waals surface area contributed by atoms with E-state index in [1.54, 1.807) is 24.3 Å². The Morgan fingerprint density at radius 1 is 0.731 bits per heavy atom. The summed E-state index contributed by atoms with van der Waals surface area (Å²) < 4.78 is 77.9. The third-order valence-electron chi connectivity index (χ3n) is 10.5. The maximum absolute atomic E-state index is 9.44. The first-order valence-corrected chi connectivity index (χ1v) is 18.0. The van der Waals surface area contributed by atoms with Gasteiger partial charge < -0.3 is 8.83 Å². The Balaban J connectivity index is 1.38. The van der Waals surface area contributed by atoms with Crippen LogP contribution in [0.1, 0.15) is 89.8 Å². The van der Waals surface area contributed by atoms with Crippen LogP contribution in [0.3, 0.4) is 0 Å². The van der Waals surface area contributed by atoms with Gasteiger partial charge in [0.2, 0.25) is 5.71 Å². The van der Waals surface area contributed by atoms with Gasteiger partial charge in [0.25, 0.3) is 0 Å². The lowest BCUT2D eigenvalue weighted by molar-refractivity contribution is 0.652. The van der Waals surface area contributed by atoms with E-state index in [0.717, 1.165) is 38.7 Å². The van der Waals surface area contributed by atoms with Crippen LogP contribution in [0, 0.1) is 6.85 Å². The summed E-state index contributed by atoms with van der Waals surface area (Å²) in [5.74, 6) is 0.414. The number of pyridine rings is 1. The summed E-state index contributed by atoms with van der Waals surface area (Å²) in [7, 11) is 0. The molecular weight excluding hydrogens is 639 g/mol. The largest absolute Gasteiger partial charge is 0.454 e. The Morgan fingerprint density at radius 3 is 2.29 bits per heavy atom. The molecule has 4 heterocycles. The maximum atomic E-state index is 9.44. The number of hydrogen-bond donors (Lipinski definition) is 0. The second kappa shape index (κ2) is 11.7. The minimum atomic E-state index is -2.53. The molecular formula is C47H41N3O2. The van der Waals surface area contributed by atoms with Crippen LogP contribution in [0.5, 0.6) is 0 Å². The molecule has 0 fully saturated rings. The van der Waals surface area contributed by atoms with Gasteiger partial charge in [0.05, 0.1) is 33.1 Å². The lowest BCUT2D eigenvalue weighted by Crippen LogP contribution is -2.12. The highest BCUT2D eigenvalue weighted by Gasteiger charge is 2.29. The fourth-order valence-corrected chi connectivity index (χ4v) is 7.99. The predicted molar refractivity (Wildman–Crippen MR) is 214 cm³/mol. The zero-order valence-electron chi connectivity index (χ0n) is 36.5. The Kier molecular flexibility index (Phi) is 5.50. The van der Waals surface area contributed by atoms with Gasteiger partial charge in [-0.25, -0.2) is 9.97 Å². The van der Waals surface area contributed by atoms with E-state index in [9.17, 15) is 2.74 Å². The van der Waals surface area contributed by atoms with Gasteiger partial charge in [-0.05, 0) is 120 Å². The van der Waals surface area contributed by atoms with Crippen LogP contribution >= 0.6 is 0 Å². The molecule has 1 aliphatic rings. The number of aromatic nitrogens is 3. The van der Waals surface area contributed by atoms with E-state index in [1.807, 2.05) is 53.1 Å². The molecule has 1 aliphatic carbocycles. The molecule has 0 spiro atoms. The lowest BCUT2D eigenvalue weighted by Gasteiger charge is -2.26. The highest BCUT2D eigenvalue weighted by atomic mass is 16.3. The Hall–Kier alpha value is -5.68. The van der Waals surface area contributed by atoms with Crippen molar-refractivity contribution in [2.75, 3.05) is 0 Å². The summed E-state index contributed by atoms with van der Waals surface area (Å²) in [5, 5.41) is 1.91. The van der Waals surface area contributed by atoms with E-state index in [1.165, 1.54) is 0 Å². The fourth-order valence-electron chi connectivity index (χ4n) is 7.99. The van der Waals surface area contributed by atoms with Gasteiger partial charge in [0.15, 0.2) is 5.58 Å². The molecule has 256 valence electrons. The number of imidazole rings is 1. The van der Waals surface area contributed by atoms with Crippen molar-refractivity contribution in [1.82, 2.24) is 14.5 Å². The van der Waals surface area contributed by atoms with Gasteiger partial charge in [0.1, 0.15) is 22.5 Å². The summed E-state index contributed by atoms with van der Waals surface area (Å²) in [6.45, 7) is 6.02. The molecule has 5 aromatic carbocycles. The zero-order valence-corrected chi connectivity index (χ0v) is 29.5. The van der Waals surface area contributed by atoms with Gasteiger partial charge in [-0.3, -0.25) is 4.57 Å². The lowest BCUT2D eigenvalue weighted by atomic mass is 9.87. The first-order valence-electron chi connectivity index (χ1n) is 21.5. The normalized spacial score (nSPS) is 17.7. The minimum Gasteiger partial charge on any atom is -0.454 e. The van der Waals surface area contributed by atoms with E-state index >= 15 is 0 Å². The van der Waals surface area contributed by atoms with Crippen molar-refractivity contribution >= 4 is 55.2 Å². The molecule has 9 aromatic rings. The van der Waals surface area contributed by atoms with Gasteiger partial charge in [-0.2, -0.15) is 0 Å². The molecule has 5 heteroatoms. The minimum absolute atomic E-state index is 0.00202. The van der Waals surface area contributed by atoms with Crippen LogP contribution in [0.4, 0.5) is 0 Å². The van der Waals surface area contributed by atoms with Crippen LogP contribution in [-0.2, 0) is 12.7 Å². The van der Waals surface area contributed by atoms with Crippen LogP contribution in [0.2, 0.25) is 0 Å². The van der Waals surface area contributed by atoms with Crippen molar-refractivity contribution in [3.63, 3.8) is 0 Å². The SMILES string of the molecule is [2H]C([2H])([2H])c1ccc(-c2nc3ccc4c(c3n2-c2c(C(C)C)cc(-c3ccccc3)cc2C(C)C)C([2H])([2H])CCC4([2H])[2H])c2oc3cc4c(nc3c12)oc1ccccc14. The average Bonchev–Trinajstić information content (AvgIpc) is 3.88. The fraction of sp³-hybridized carbons (Fsp3) is 0.234. The summed E-state index contributed by atoms with van der Waals surface area (Å²) in [6.07, 6.45) is -3.61. The molecule has 0 aliphatic heterocycles. The van der Waals surface area contributed by atoms with Crippen LogP contribution in [0.15, 0.2) is 106 Å². The number of fused-ring (bicyclic) bond motifs is 9. The van der Waals surface area contributed by atoms with Crippen molar-refractivity contribution in [3.8, 4) is 28.2 Å². The predicted octanol–water partition coefficient (Wildman–Crippen LogP) is 13.0. The van der Waals surface area contributed by atoms with E-state index in [4.69, 9.17) is 25.7 Å². The topological polar surface area (TPSA) is 57.0 Å². The number of nitrogens with zero attached hydrogens (tertiary/aromatic N) is 3. The first-order chi connectivity index (χ1) is 28.0. The number of hydrogen-bond acceptors (Lipinski definition) is 4. The highest BCUT2D eigenvalue weighted by molar-refractivity contribution is 6.14. The molecule has 0 bridgehead atoms. The molecule has 0 atom stereocenters. The second-order valence-electron chi connectivity index (χ2n) is 14.4. The van der Waals surface area contributed by atoms with Crippen molar-refractivity contribution < 1.29 is 18.4 Å². The van der Waals surface area contributed by atoms with E-state index in [-0.39, 0.29) is 41.4 Å². The summed E-state index contributed by atoms with van der Waals surface area (Å²) >= 11 is 0. The molecule has 0 saturated carbocycles. The Labute approximate surface area is 312 Å². The summed E-state index contributed by atoms with van der Waals surface area (Å²) in [5.41, 5.74) is 9.09. The summed E-state index contributed by atoms with van der Waals surface area (Å²) in [4.78, 5) is 10.2. The van der Waals surface area contributed by atoms with Gasteiger partial charge in [-0.15, -0.1) is 0 Å². The third kappa shape index (κ3) is 4.61. The molecule has 0 amide bonds. The van der Waals surface area contributed by atoms with Crippen molar-refractivity contribution in [2.24, 2.45) is 0 Å². The molecule has 0 radical (unpaired) electrons. The van der Waals surface area contributed by atoms with Crippen LogP contribution in [-0.4, -0.2) is 14.5 Å². The molecule has 0 unspecified atom stereocenters.